The van der Waals surface area contributed by atoms with Gasteiger partial charge >= 0.3 is 0 Å². The standard InChI is InChI=1S/C21H25N3O3S/c1-4-18-13(2)22-21-24(20(18)26)11-16(12-28-21)19(25)23-8-7-14-9-17(27-3)6-5-15(14)10-23/h5-6,9,16H,4,7-8,10-12H2,1-3H3. The van der Waals surface area contributed by atoms with E-state index in [2.05, 4.69) is 11.1 Å². The van der Waals surface area contributed by atoms with Crippen LogP contribution >= 0.6 is 11.8 Å². The van der Waals surface area contributed by atoms with Crippen LogP contribution in [0.15, 0.2) is 28.2 Å². The maximum Gasteiger partial charge on any atom is 0.257 e. The van der Waals surface area contributed by atoms with Crippen molar-refractivity contribution in [2.45, 2.75) is 44.9 Å². The van der Waals surface area contributed by atoms with Crippen molar-refractivity contribution in [2.75, 3.05) is 19.4 Å². The van der Waals surface area contributed by atoms with Gasteiger partial charge in [0.2, 0.25) is 5.91 Å². The lowest BCUT2D eigenvalue weighted by Crippen LogP contribution is -2.44. The van der Waals surface area contributed by atoms with Gasteiger partial charge in [0, 0.05) is 36.6 Å². The smallest absolute Gasteiger partial charge is 0.257 e. The van der Waals surface area contributed by atoms with Gasteiger partial charge in [-0.1, -0.05) is 24.8 Å². The Bertz CT molecular complexity index is 986. The number of carbonyl (C=O) groups excluding carboxylic acids is 1. The van der Waals surface area contributed by atoms with Crippen LogP contribution in [0.1, 0.15) is 29.3 Å². The van der Waals surface area contributed by atoms with Crippen molar-refractivity contribution in [1.29, 1.82) is 0 Å². The highest BCUT2D eigenvalue weighted by molar-refractivity contribution is 7.99. The molecule has 6 nitrogen and oxygen atoms in total. The average Bonchev–Trinajstić information content (AvgIpc) is 2.72. The summed E-state index contributed by atoms with van der Waals surface area (Å²) in [6.45, 7) is 5.60. The van der Waals surface area contributed by atoms with Gasteiger partial charge in [-0.15, -0.1) is 0 Å². The fourth-order valence-electron chi connectivity index (χ4n) is 4.05. The molecule has 1 atom stereocenters. The van der Waals surface area contributed by atoms with Crippen molar-refractivity contribution in [1.82, 2.24) is 14.5 Å². The minimum absolute atomic E-state index is 0.00563. The molecule has 0 aliphatic carbocycles. The fourth-order valence-corrected chi connectivity index (χ4v) is 5.17. The molecule has 0 N–H and O–H groups in total. The second kappa shape index (κ2) is 7.62. The van der Waals surface area contributed by atoms with Crippen LogP contribution in [0.2, 0.25) is 0 Å². The third kappa shape index (κ3) is 3.32. The largest absolute Gasteiger partial charge is 0.497 e. The lowest BCUT2D eigenvalue weighted by Gasteiger charge is -2.33. The highest BCUT2D eigenvalue weighted by Crippen LogP contribution is 2.29. The number of rotatable bonds is 3. The molecule has 0 radical (unpaired) electrons. The van der Waals surface area contributed by atoms with E-state index < -0.39 is 0 Å². The molecule has 0 saturated heterocycles. The SMILES string of the molecule is CCc1c(C)nc2n(c1=O)CC(C(=O)N1CCc3cc(OC)ccc3C1)CS2. The number of benzene rings is 1. The lowest BCUT2D eigenvalue weighted by atomic mass is 9.98. The molecule has 0 fully saturated rings. The van der Waals surface area contributed by atoms with Crippen LogP contribution in [0.5, 0.6) is 5.75 Å². The number of hydrogen-bond acceptors (Lipinski definition) is 5. The first-order chi connectivity index (χ1) is 13.5. The molecule has 0 bridgehead atoms. The predicted octanol–water partition coefficient (Wildman–Crippen LogP) is 2.43. The van der Waals surface area contributed by atoms with E-state index in [9.17, 15) is 9.59 Å². The molecule has 7 heteroatoms. The van der Waals surface area contributed by atoms with Crippen molar-refractivity contribution in [3.05, 3.63) is 50.9 Å². The van der Waals surface area contributed by atoms with E-state index in [1.807, 2.05) is 30.9 Å². The van der Waals surface area contributed by atoms with Crippen LogP contribution in [0.3, 0.4) is 0 Å². The maximum absolute atomic E-state index is 13.2. The third-order valence-corrected chi connectivity index (χ3v) is 6.83. The van der Waals surface area contributed by atoms with E-state index in [0.29, 0.717) is 31.8 Å². The molecule has 1 aromatic heterocycles. The van der Waals surface area contributed by atoms with E-state index in [4.69, 9.17) is 4.74 Å². The number of thioether (sulfide) groups is 1. The molecular weight excluding hydrogens is 374 g/mol. The second-order valence-electron chi connectivity index (χ2n) is 7.38. The Hall–Kier alpha value is -2.28. The number of nitrogens with zero attached hydrogens (tertiary/aromatic N) is 3. The van der Waals surface area contributed by atoms with Crippen LogP contribution < -0.4 is 10.3 Å². The van der Waals surface area contributed by atoms with Crippen molar-refractivity contribution >= 4 is 17.7 Å². The summed E-state index contributed by atoms with van der Waals surface area (Å²) in [7, 11) is 1.67. The van der Waals surface area contributed by atoms with Crippen LogP contribution in [0.25, 0.3) is 0 Å². The summed E-state index contributed by atoms with van der Waals surface area (Å²) in [6.07, 6.45) is 1.49. The molecular formula is C21H25N3O3S. The van der Waals surface area contributed by atoms with Gasteiger partial charge in [-0.3, -0.25) is 14.2 Å². The first kappa shape index (κ1) is 19.1. The first-order valence-corrected chi connectivity index (χ1v) is 10.7. The van der Waals surface area contributed by atoms with Gasteiger partial charge in [0.25, 0.3) is 5.56 Å². The number of amides is 1. The molecule has 1 aromatic carbocycles. The molecule has 2 aliphatic heterocycles. The molecule has 2 aromatic rings. The summed E-state index contributed by atoms with van der Waals surface area (Å²) in [5.74, 6) is 1.46. The zero-order chi connectivity index (χ0) is 19.8. The molecule has 28 heavy (non-hydrogen) atoms. The lowest BCUT2D eigenvalue weighted by molar-refractivity contribution is -0.136. The van der Waals surface area contributed by atoms with Gasteiger partial charge in [0.1, 0.15) is 5.75 Å². The molecule has 2 aliphatic rings. The number of hydrogen-bond donors (Lipinski definition) is 0. The Balaban J connectivity index is 1.53. The highest BCUT2D eigenvalue weighted by atomic mass is 32.2. The van der Waals surface area contributed by atoms with E-state index in [-0.39, 0.29) is 17.4 Å². The summed E-state index contributed by atoms with van der Waals surface area (Å²) in [6, 6.07) is 6.05. The summed E-state index contributed by atoms with van der Waals surface area (Å²) < 4.78 is 7.00. The predicted molar refractivity (Wildman–Crippen MR) is 109 cm³/mol. The zero-order valence-electron chi connectivity index (χ0n) is 16.5. The van der Waals surface area contributed by atoms with Gasteiger partial charge in [-0.05, 0) is 43.0 Å². The molecule has 4 rings (SSSR count). The Labute approximate surface area is 168 Å². The monoisotopic (exact) mass is 399 g/mol. The number of aryl methyl sites for hydroxylation is 1. The fraction of sp³-hybridized carbons (Fsp3) is 0.476. The zero-order valence-corrected chi connectivity index (χ0v) is 17.3. The second-order valence-corrected chi connectivity index (χ2v) is 8.37. The normalized spacial score (nSPS) is 18.4. The summed E-state index contributed by atoms with van der Waals surface area (Å²) in [5, 5.41) is 0.736. The maximum atomic E-state index is 13.2. The van der Waals surface area contributed by atoms with Crippen molar-refractivity contribution in [3.8, 4) is 5.75 Å². The minimum atomic E-state index is -0.191. The number of fused-ring (bicyclic) bond motifs is 2. The third-order valence-electron chi connectivity index (χ3n) is 5.69. The Morgan fingerprint density at radius 3 is 2.93 bits per heavy atom. The number of ether oxygens (including phenoxy) is 1. The van der Waals surface area contributed by atoms with Gasteiger partial charge in [-0.25, -0.2) is 4.98 Å². The Morgan fingerprint density at radius 2 is 2.18 bits per heavy atom. The molecule has 1 amide bonds. The topological polar surface area (TPSA) is 64.4 Å². The highest BCUT2D eigenvalue weighted by Gasteiger charge is 2.32. The van der Waals surface area contributed by atoms with Crippen LogP contribution in [-0.2, 0) is 30.7 Å². The Kier molecular flexibility index (Phi) is 5.19. The van der Waals surface area contributed by atoms with Crippen LogP contribution in [0, 0.1) is 12.8 Å². The number of aromatic nitrogens is 2. The van der Waals surface area contributed by atoms with Crippen LogP contribution in [-0.4, -0.2) is 39.8 Å². The van der Waals surface area contributed by atoms with Gasteiger partial charge in [0.15, 0.2) is 5.16 Å². The first-order valence-electron chi connectivity index (χ1n) is 9.69. The summed E-state index contributed by atoms with van der Waals surface area (Å²) >= 11 is 1.52. The number of carbonyl (C=O) groups is 1. The van der Waals surface area contributed by atoms with Gasteiger partial charge in [0.05, 0.1) is 13.0 Å². The average molecular weight is 400 g/mol. The van der Waals surface area contributed by atoms with Crippen molar-refractivity contribution < 1.29 is 9.53 Å². The quantitative estimate of drug-likeness (QED) is 0.742. The summed E-state index contributed by atoms with van der Waals surface area (Å²) in [5.41, 5.74) is 3.98. The Morgan fingerprint density at radius 1 is 1.36 bits per heavy atom. The van der Waals surface area contributed by atoms with Gasteiger partial charge in [-0.2, -0.15) is 0 Å². The van der Waals surface area contributed by atoms with E-state index >= 15 is 0 Å². The molecule has 3 heterocycles. The molecule has 0 saturated carbocycles. The van der Waals surface area contributed by atoms with Gasteiger partial charge < -0.3 is 9.64 Å². The molecule has 148 valence electrons. The van der Waals surface area contributed by atoms with Crippen molar-refractivity contribution in [2.24, 2.45) is 5.92 Å². The molecule has 1 unspecified atom stereocenters. The minimum Gasteiger partial charge on any atom is -0.497 e. The van der Waals surface area contributed by atoms with E-state index in [0.717, 1.165) is 28.6 Å². The molecule has 0 spiro atoms. The van der Waals surface area contributed by atoms with E-state index in [1.54, 1.807) is 11.7 Å². The summed E-state index contributed by atoms with van der Waals surface area (Å²) in [4.78, 5) is 32.5. The van der Waals surface area contributed by atoms with E-state index in [1.165, 1.54) is 22.9 Å². The van der Waals surface area contributed by atoms with Crippen LogP contribution in [0.4, 0.5) is 0 Å². The van der Waals surface area contributed by atoms with Crippen molar-refractivity contribution in [3.63, 3.8) is 0 Å². The number of methoxy groups -OCH3 is 1.